The fraction of sp³-hybridized carbons (Fsp3) is 0.370. The van der Waals surface area contributed by atoms with Gasteiger partial charge < -0.3 is 0 Å². The highest BCUT2D eigenvalue weighted by Gasteiger charge is 2.43. The molecule has 1 heterocycles. The molecule has 0 saturated carbocycles. The molecule has 142 valence electrons. The van der Waals surface area contributed by atoms with E-state index in [1.165, 1.54) is 44.8 Å². The van der Waals surface area contributed by atoms with E-state index >= 15 is 0 Å². The molecule has 0 radical (unpaired) electrons. The Labute approximate surface area is 168 Å². The smallest absolute Gasteiger partial charge is 0.0567 e. The summed E-state index contributed by atoms with van der Waals surface area (Å²) in [5, 5.41) is 0. The lowest BCUT2D eigenvalue weighted by Gasteiger charge is -2.42. The van der Waals surface area contributed by atoms with E-state index in [1.807, 2.05) is 0 Å². The molecule has 6 rings (SSSR count). The molecule has 0 fully saturated rings. The van der Waals surface area contributed by atoms with E-state index in [0.29, 0.717) is 5.92 Å². The summed E-state index contributed by atoms with van der Waals surface area (Å²) >= 11 is 0. The Morgan fingerprint density at radius 3 is 1.86 bits per heavy atom. The topological polar surface area (TPSA) is 12.9 Å². The van der Waals surface area contributed by atoms with Crippen molar-refractivity contribution in [1.29, 1.82) is 0 Å². The third kappa shape index (κ3) is 2.42. The summed E-state index contributed by atoms with van der Waals surface area (Å²) in [7, 11) is 0. The zero-order chi connectivity index (χ0) is 19.8. The first kappa shape index (κ1) is 17.7. The van der Waals surface area contributed by atoms with Gasteiger partial charge in [-0.15, -0.1) is 0 Å². The van der Waals surface area contributed by atoms with E-state index in [1.54, 1.807) is 0 Å². The fourth-order valence-corrected chi connectivity index (χ4v) is 4.93. The third-order valence-electron chi connectivity index (χ3n) is 6.50. The molecule has 3 aromatic rings. The number of hydrogen-bond acceptors (Lipinski definition) is 1. The van der Waals surface area contributed by atoms with Crippen molar-refractivity contribution in [1.82, 2.24) is 4.98 Å². The summed E-state index contributed by atoms with van der Waals surface area (Å²) < 4.78 is 0. The molecular weight excluding hydrogens is 338 g/mol. The van der Waals surface area contributed by atoms with E-state index in [9.17, 15) is 0 Å². The van der Waals surface area contributed by atoms with Gasteiger partial charge in [0.05, 0.1) is 11.6 Å². The van der Waals surface area contributed by atoms with Crippen LogP contribution < -0.4 is 0 Å². The third-order valence-corrected chi connectivity index (χ3v) is 6.50. The van der Waals surface area contributed by atoms with Crippen LogP contribution in [0.1, 0.15) is 98.1 Å². The molecule has 1 nitrogen and oxygen atoms in total. The van der Waals surface area contributed by atoms with Gasteiger partial charge in [-0.05, 0) is 44.9 Å². The number of benzene rings is 2. The first-order chi connectivity index (χ1) is 13.2. The van der Waals surface area contributed by atoms with Gasteiger partial charge in [0.25, 0.3) is 0 Å². The molecule has 0 N–H and O–H groups in total. The Morgan fingerprint density at radius 1 is 0.607 bits per heavy atom. The van der Waals surface area contributed by atoms with Crippen LogP contribution in [-0.4, -0.2) is 4.98 Å². The van der Waals surface area contributed by atoms with E-state index in [2.05, 4.69) is 96.1 Å². The maximum absolute atomic E-state index is 5.26. The molecule has 0 saturated heterocycles. The van der Waals surface area contributed by atoms with Crippen LogP contribution in [0.25, 0.3) is 0 Å². The Balaban J connectivity index is 1.80. The number of nitrogens with zero attached hydrogens (tertiary/aromatic N) is 1. The standard InChI is InChI=1S/C27H29N/c1-26(2,3)16-11-12-19-21(15-16)24-18-10-8-7-9-17(18)23(19)20-13-14-22(27(4,5)6)28-25(20)24/h7-15,23-24H,1-6H3/t23-,24?/m1/s1. The van der Waals surface area contributed by atoms with E-state index in [4.69, 9.17) is 4.98 Å². The molecule has 0 aliphatic heterocycles. The first-order valence-electron chi connectivity index (χ1n) is 10.4. The summed E-state index contributed by atoms with van der Waals surface area (Å²) in [6, 6.07) is 20.7. The van der Waals surface area contributed by atoms with Crippen LogP contribution in [0, 0.1) is 0 Å². The van der Waals surface area contributed by atoms with Crippen LogP contribution in [0.4, 0.5) is 0 Å². The van der Waals surface area contributed by atoms with Gasteiger partial charge in [0.15, 0.2) is 0 Å². The number of pyridine rings is 1. The minimum atomic E-state index is 0.0569. The number of rotatable bonds is 0. The van der Waals surface area contributed by atoms with Gasteiger partial charge in [-0.25, -0.2) is 0 Å². The Morgan fingerprint density at radius 2 is 1.21 bits per heavy atom. The minimum Gasteiger partial charge on any atom is -0.256 e. The Bertz CT molecular complexity index is 1030. The zero-order valence-electron chi connectivity index (χ0n) is 17.8. The second kappa shape index (κ2) is 5.56. The summed E-state index contributed by atoms with van der Waals surface area (Å²) in [6.07, 6.45) is 0. The van der Waals surface area contributed by atoms with Crippen LogP contribution >= 0.6 is 0 Å². The highest BCUT2D eigenvalue weighted by molar-refractivity contribution is 5.67. The molecule has 2 atom stereocenters. The molecule has 3 aliphatic carbocycles. The minimum absolute atomic E-state index is 0.0569. The van der Waals surface area contributed by atoms with Crippen molar-refractivity contribution in [3.05, 3.63) is 99.4 Å². The first-order valence-corrected chi connectivity index (χ1v) is 10.4. The van der Waals surface area contributed by atoms with E-state index in [0.717, 1.165) is 0 Å². The predicted octanol–water partition coefficient (Wildman–Crippen LogP) is 6.66. The average Bonchev–Trinajstić information content (AvgIpc) is 2.65. The van der Waals surface area contributed by atoms with Crippen molar-refractivity contribution in [3.8, 4) is 0 Å². The van der Waals surface area contributed by atoms with Gasteiger partial charge in [0, 0.05) is 17.0 Å². The molecule has 2 bridgehead atoms. The predicted molar refractivity (Wildman–Crippen MR) is 116 cm³/mol. The normalized spacial score (nSPS) is 19.8. The van der Waals surface area contributed by atoms with Crippen molar-refractivity contribution >= 4 is 0 Å². The van der Waals surface area contributed by atoms with Gasteiger partial charge in [-0.3, -0.25) is 4.98 Å². The van der Waals surface area contributed by atoms with Crippen molar-refractivity contribution in [2.75, 3.05) is 0 Å². The molecule has 0 amide bonds. The SMILES string of the molecule is CC(C)(C)c1ccc2c(c1)C1c3ccccc3[C@H]2c2ccc(C(C)(C)C)nc21. The van der Waals surface area contributed by atoms with Crippen LogP contribution in [0.15, 0.2) is 54.6 Å². The maximum Gasteiger partial charge on any atom is 0.0567 e. The number of aromatic nitrogens is 1. The lowest BCUT2D eigenvalue weighted by Crippen LogP contribution is -2.30. The molecule has 1 unspecified atom stereocenters. The monoisotopic (exact) mass is 367 g/mol. The van der Waals surface area contributed by atoms with Crippen LogP contribution in [0.3, 0.4) is 0 Å². The van der Waals surface area contributed by atoms with Gasteiger partial charge in [-0.2, -0.15) is 0 Å². The van der Waals surface area contributed by atoms with Crippen molar-refractivity contribution in [3.63, 3.8) is 0 Å². The van der Waals surface area contributed by atoms with Gasteiger partial charge >= 0.3 is 0 Å². The summed E-state index contributed by atoms with van der Waals surface area (Å²) in [6.45, 7) is 13.7. The molecule has 1 heteroatoms. The van der Waals surface area contributed by atoms with Crippen molar-refractivity contribution in [2.24, 2.45) is 0 Å². The van der Waals surface area contributed by atoms with Crippen molar-refractivity contribution < 1.29 is 0 Å². The number of hydrogen-bond donors (Lipinski definition) is 0. The molecule has 1 aromatic heterocycles. The van der Waals surface area contributed by atoms with Crippen LogP contribution in [0.5, 0.6) is 0 Å². The molecule has 0 spiro atoms. The second-order valence-corrected chi connectivity index (χ2v) is 10.5. The highest BCUT2D eigenvalue weighted by Crippen LogP contribution is 2.55. The Kier molecular flexibility index (Phi) is 3.51. The largest absolute Gasteiger partial charge is 0.256 e. The van der Waals surface area contributed by atoms with E-state index in [-0.39, 0.29) is 16.7 Å². The van der Waals surface area contributed by atoms with Crippen LogP contribution in [0.2, 0.25) is 0 Å². The molecule has 3 aliphatic rings. The van der Waals surface area contributed by atoms with Gasteiger partial charge in [0.2, 0.25) is 0 Å². The highest BCUT2D eigenvalue weighted by atomic mass is 14.8. The van der Waals surface area contributed by atoms with Crippen molar-refractivity contribution in [2.45, 2.75) is 64.2 Å². The zero-order valence-corrected chi connectivity index (χ0v) is 17.8. The van der Waals surface area contributed by atoms with E-state index < -0.39 is 0 Å². The molecule has 28 heavy (non-hydrogen) atoms. The van der Waals surface area contributed by atoms with Gasteiger partial charge in [-0.1, -0.05) is 90.1 Å². The lowest BCUT2D eigenvalue weighted by atomic mass is 9.62. The lowest BCUT2D eigenvalue weighted by molar-refractivity contribution is 0.559. The fourth-order valence-electron chi connectivity index (χ4n) is 4.93. The average molecular weight is 368 g/mol. The van der Waals surface area contributed by atoms with Gasteiger partial charge in [0.1, 0.15) is 0 Å². The summed E-state index contributed by atoms with van der Waals surface area (Å²) in [5.41, 5.74) is 11.3. The second-order valence-electron chi connectivity index (χ2n) is 10.5. The molecule has 2 aromatic carbocycles. The summed E-state index contributed by atoms with van der Waals surface area (Å²) in [4.78, 5) is 5.26. The summed E-state index contributed by atoms with van der Waals surface area (Å²) in [5.74, 6) is 0.553. The van der Waals surface area contributed by atoms with Crippen LogP contribution in [-0.2, 0) is 10.8 Å². The quantitative estimate of drug-likeness (QED) is 0.298. The molecular formula is C27H29N. The maximum atomic E-state index is 5.26. The Hall–Kier alpha value is -2.41.